The molecule has 0 aromatic heterocycles. The third kappa shape index (κ3) is 4.71. The molecule has 0 radical (unpaired) electrons. The number of hydrogen-bond acceptors (Lipinski definition) is 4. The van der Waals surface area contributed by atoms with Crippen LogP contribution in [-0.2, 0) is 16.0 Å². The van der Waals surface area contributed by atoms with Crippen molar-refractivity contribution in [3.8, 4) is 5.75 Å². The van der Waals surface area contributed by atoms with Crippen molar-refractivity contribution in [2.45, 2.75) is 25.8 Å². The molecule has 0 spiro atoms. The van der Waals surface area contributed by atoms with Gasteiger partial charge in [0.1, 0.15) is 5.75 Å². The number of carbonyl (C=O) groups is 2. The lowest BCUT2D eigenvalue weighted by Gasteiger charge is -2.27. The lowest BCUT2D eigenvalue weighted by Crippen LogP contribution is -2.45. The number of urea groups is 1. The number of hydrogen-bond donors (Lipinski definition) is 2. The summed E-state index contributed by atoms with van der Waals surface area (Å²) >= 11 is 0. The first-order valence-electron chi connectivity index (χ1n) is 9.22. The molecule has 2 aromatic carbocycles. The van der Waals surface area contributed by atoms with Crippen LogP contribution in [0.4, 0.5) is 4.79 Å². The second-order valence-corrected chi connectivity index (χ2v) is 6.57. The van der Waals surface area contributed by atoms with Crippen LogP contribution in [0, 0.1) is 0 Å². The number of carbonyl (C=O) groups excluding carboxylic acids is 2. The Labute approximate surface area is 164 Å². The summed E-state index contributed by atoms with van der Waals surface area (Å²) in [6.45, 7) is 2.30. The Morgan fingerprint density at radius 2 is 1.79 bits per heavy atom. The minimum absolute atomic E-state index is 0.351. The van der Waals surface area contributed by atoms with Crippen LogP contribution < -0.4 is 15.4 Å². The van der Waals surface area contributed by atoms with E-state index in [2.05, 4.69) is 22.8 Å². The maximum Gasteiger partial charge on any atom is 0.337 e. The van der Waals surface area contributed by atoms with Crippen LogP contribution in [0.15, 0.2) is 65.9 Å². The van der Waals surface area contributed by atoms with E-state index in [0.717, 1.165) is 24.2 Å². The highest BCUT2D eigenvalue weighted by atomic mass is 16.5. The van der Waals surface area contributed by atoms with Crippen LogP contribution in [0.3, 0.4) is 0 Å². The molecular formula is C22H24N2O4. The number of nitrogens with one attached hydrogen (secondary N) is 2. The summed E-state index contributed by atoms with van der Waals surface area (Å²) < 4.78 is 10.7. The van der Waals surface area contributed by atoms with Crippen molar-refractivity contribution in [1.29, 1.82) is 0 Å². The van der Waals surface area contributed by atoms with Gasteiger partial charge in [-0.05, 0) is 43.0 Å². The molecule has 2 N–H and O–H groups in total. The van der Waals surface area contributed by atoms with Gasteiger partial charge in [-0.2, -0.15) is 0 Å². The third-order valence-corrected chi connectivity index (χ3v) is 4.61. The van der Waals surface area contributed by atoms with E-state index in [1.165, 1.54) is 12.7 Å². The molecule has 2 amide bonds. The van der Waals surface area contributed by atoms with Gasteiger partial charge in [-0.1, -0.05) is 42.5 Å². The zero-order valence-electron chi connectivity index (χ0n) is 16.0. The molecule has 28 heavy (non-hydrogen) atoms. The van der Waals surface area contributed by atoms with Gasteiger partial charge in [-0.15, -0.1) is 0 Å². The van der Waals surface area contributed by atoms with E-state index in [4.69, 9.17) is 9.47 Å². The molecule has 3 rings (SSSR count). The summed E-state index contributed by atoms with van der Waals surface area (Å²) in [5, 5.41) is 5.38. The van der Waals surface area contributed by atoms with Crippen LogP contribution >= 0.6 is 0 Å². The molecule has 146 valence electrons. The fourth-order valence-corrected chi connectivity index (χ4v) is 3.19. The molecule has 1 aliphatic heterocycles. The topological polar surface area (TPSA) is 76.7 Å². The Balaban J connectivity index is 1.62. The van der Waals surface area contributed by atoms with Gasteiger partial charge in [0.25, 0.3) is 0 Å². The number of esters is 1. The fraction of sp³-hybridized carbons (Fsp3) is 0.273. The highest BCUT2D eigenvalue weighted by Crippen LogP contribution is 2.28. The summed E-state index contributed by atoms with van der Waals surface area (Å²) in [6, 6.07) is 16.8. The standard InChI is InChI=1S/C22H24N2O4/c1-15-19(21(25)27-2)20(24-22(26)23-15)17-10-12-18(13-11-17)28-14-6-9-16-7-4-3-5-8-16/h3-5,7-8,10-13,20H,6,9,14H2,1-2H3,(H2,23,24,26). The van der Waals surface area contributed by atoms with E-state index in [1.54, 1.807) is 6.92 Å². The highest BCUT2D eigenvalue weighted by Gasteiger charge is 2.31. The Morgan fingerprint density at radius 1 is 1.07 bits per heavy atom. The lowest BCUT2D eigenvalue weighted by molar-refractivity contribution is -0.136. The molecule has 1 atom stereocenters. The molecule has 0 fully saturated rings. The molecular weight excluding hydrogens is 356 g/mol. The summed E-state index contributed by atoms with van der Waals surface area (Å²) in [6.07, 6.45) is 1.89. The predicted molar refractivity (Wildman–Crippen MR) is 106 cm³/mol. The van der Waals surface area contributed by atoms with Gasteiger partial charge < -0.3 is 20.1 Å². The van der Waals surface area contributed by atoms with Crippen molar-refractivity contribution in [3.05, 3.63) is 77.0 Å². The van der Waals surface area contributed by atoms with Gasteiger partial charge in [-0.3, -0.25) is 0 Å². The van der Waals surface area contributed by atoms with Gasteiger partial charge in [0.15, 0.2) is 0 Å². The van der Waals surface area contributed by atoms with Crippen LogP contribution in [0.1, 0.15) is 30.5 Å². The van der Waals surface area contributed by atoms with Crippen molar-refractivity contribution in [3.63, 3.8) is 0 Å². The first-order valence-corrected chi connectivity index (χ1v) is 9.22. The Morgan fingerprint density at radius 3 is 2.46 bits per heavy atom. The van der Waals surface area contributed by atoms with E-state index < -0.39 is 12.0 Å². The van der Waals surface area contributed by atoms with E-state index in [9.17, 15) is 9.59 Å². The lowest BCUT2D eigenvalue weighted by atomic mass is 9.95. The predicted octanol–water partition coefficient (Wildman–Crippen LogP) is 3.50. The number of benzene rings is 2. The summed E-state index contributed by atoms with van der Waals surface area (Å²) in [7, 11) is 1.32. The minimum atomic E-state index is -0.562. The fourth-order valence-electron chi connectivity index (χ4n) is 3.19. The molecule has 2 aromatic rings. The smallest absolute Gasteiger partial charge is 0.337 e. The maximum absolute atomic E-state index is 12.1. The zero-order chi connectivity index (χ0) is 19.9. The van der Waals surface area contributed by atoms with Gasteiger partial charge in [0.05, 0.1) is 25.3 Å². The van der Waals surface area contributed by atoms with Crippen molar-refractivity contribution < 1.29 is 19.1 Å². The van der Waals surface area contributed by atoms with E-state index in [-0.39, 0.29) is 6.03 Å². The molecule has 6 heteroatoms. The Kier molecular flexibility index (Phi) is 6.32. The van der Waals surface area contributed by atoms with Crippen molar-refractivity contribution in [1.82, 2.24) is 10.6 Å². The van der Waals surface area contributed by atoms with Crippen LogP contribution in [0.2, 0.25) is 0 Å². The highest BCUT2D eigenvalue weighted by molar-refractivity contribution is 5.94. The van der Waals surface area contributed by atoms with Gasteiger partial charge in [0, 0.05) is 5.70 Å². The average Bonchev–Trinajstić information content (AvgIpc) is 2.71. The number of aryl methyl sites for hydroxylation is 1. The monoisotopic (exact) mass is 380 g/mol. The maximum atomic E-state index is 12.1. The minimum Gasteiger partial charge on any atom is -0.494 e. The van der Waals surface area contributed by atoms with E-state index >= 15 is 0 Å². The first-order chi connectivity index (χ1) is 13.6. The number of amides is 2. The third-order valence-electron chi connectivity index (χ3n) is 4.61. The number of ether oxygens (including phenoxy) is 2. The number of allylic oxidation sites excluding steroid dienone is 1. The van der Waals surface area contributed by atoms with Gasteiger partial charge >= 0.3 is 12.0 Å². The second-order valence-electron chi connectivity index (χ2n) is 6.57. The molecule has 0 bridgehead atoms. The molecule has 6 nitrogen and oxygen atoms in total. The number of rotatable bonds is 7. The normalized spacial score (nSPS) is 16.2. The van der Waals surface area contributed by atoms with Crippen molar-refractivity contribution in [2.24, 2.45) is 0 Å². The molecule has 0 saturated heterocycles. The van der Waals surface area contributed by atoms with E-state index in [1.807, 2.05) is 42.5 Å². The quantitative estimate of drug-likeness (QED) is 0.569. The van der Waals surface area contributed by atoms with Gasteiger partial charge in [0.2, 0.25) is 0 Å². The summed E-state index contributed by atoms with van der Waals surface area (Å²) in [5.41, 5.74) is 2.95. The molecule has 1 aliphatic rings. The molecule has 0 aliphatic carbocycles. The van der Waals surface area contributed by atoms with E-state index in [0.29, 0.717) is 17.9 Å². The SMILES string of the molecule is COC(=O)C1=C(C)NC(=O)NC1c1ccc(OCCCc2ccccc2)cc1. The zero-order valence-corrected chi connectivity index (χ0v) is 16.0. The van der Waals surface area contributed by atoms with Crippen molar-refractivity contribution >= 4 is 12.0 Å². The van der Waals surface area contributed by atoms with Crippen LogP contribution in [-0.4, -0.2) is 25.7 Å². The summed E-state index contributed by atoms with van der Waals surface area (Å²) in [4.78, 5) is 24.0. The molecule has 1 heterocycles. The molecule has 0 saturated carbocycles. The average molecular weight is 380 g/mol. The Hall–Kier alpha value is -3.28. The molecule has 1 unspecified atom stereocenters. The van der Waals surface area contributed by atoms with Gasteiger partial charge in [-0.25, -0.2) is 9.59 Å². The number of methoxy groups -OCH3 is 1. The van der Waals surface area contributed by atoms with Crippen LogP contribution in [0.5, 0.6) is 5.75 Å². The summed E-state index contributed by atoms with van der Waals surface area (Å²) in [5.74, 6) is 0.272. The van der Waals surface area contributed by atoms with Crippen LogP contribution in [0.25, 0.3) is 0 Å². The largest absolute Gasteiger partial charge is 0.494 e. The Bertz CT molecular complexity index is 860. The first kappa shape index (κ1) is 19.5. The second kappa shape index (κ2) is 9.08. The van der Waals surface area contributed by atoms with Crippen molar-refractivity contribution in [2.75, 3.05) is 13.7 Å².